The largest absolute Gasteiger partial charge is 0.497 e. The van der Waals surface area contributed by atoms with E-state index in [1.807, 2.05) is 0 Å². The Balaban J connectivity index is 1.66. The molecule has 0 saturated heterocycles. The third-order valence-corrected chi connectivity index (χ3v) is 3.94. The first kappa shape index (κ1) is 19.0. The summed E-state index contributed by atoms with van der Waals surface area (Å²) in [7, 11) is 1.55. The molecule has 0 bridgehead atoms. The van der Waals surface area contributed by atoms with E-state index in [1.54, 1.807) is 31.4 Å². The Hall–Kier alpha value is -3.74. The Morgan fingerprint density at radius 3 is 1.89 bits per heavy atom. The van der Waals surface area contributed by atoms with Crippen molar-refractivity contribution < 1.29 is 23.1 Å². The molecule has 2 N–H and O–H groups in total. The van der Waals surface area contributed by atoms with Crippen LogP contribution in [0.3, 0.4) is 0 Å². The summed E-state index contributed by atoms with van der Waals surface area (Å²) in [6, 6.07) is 15.6. The maximum Gasteiger partial charge on any atom is 0.255 e. The molecule has 0 saturated carbocycles. The fraction of sp³-hybridized carbons (Fsp3) is 0.0476. The number of hydrogen-bond acceptors (Lipinski definition) is 3. The summed E-state index contributed by atoms with van der Waals surface area (Å²) >= 11 is 0. The van der Waals surface area contributed by atoms with Crippen molar-refractivity contribution in [1.82, 2.24) is 0 Å². The molecular weight excluding hydrogens is 366 g/mol. The highest BCUT2D eigenvalue weighted by atomic mass is 19.1. The lowest BCUT2D eigenvalue weighted by atomic mass is 10.1. The highest BCUT2D eigenvalue weighted by Gasteiger charge is 2.12. The van der Waals surface area contributed by atoms with E-state index in [2.05, 4.69) is 10.6 Å². The standard InChI is InChI=1S/C21H16F2N2O3/c1-28-17-9-7-16(8-10-17)24-20(26)13-2-4-14(5-3-13)21(27)25-19-11-6-15(22)12-18(19)23/h2-12H,1H3,(H,24,26)(H,25,27). The molecule has 7 heteroatoms. The van der Waals surface area contributed by atoms with Gasteiger partial charge in [0, 0.05) is 22.9 Å². The van der Waals surface area contributed by atoms with Gasteiger partial charge < -0.3 is 15.4 Å². The summed E-state index contributed by atoms with van der Waals surface area (Å²) in [4.78, 5) is 24.5. The minimum Gasteiger partial charge on any atom is -0.497 e. The van der Waals surface area contributed by atoms with Crippen LogP contribution in [0.5, 0.6) is 5.75 Å². The summed E-state index contributed by atoms with van der Waals surface area (Å²) < 4.78 is 31.6. The van der Waals surface area contributed by atoms with E-state index in [4.69, 9.17) is 4.74 Å². The molecule has 0 heterocycles. The lowest BCUT2D eigenvalue weighted by molar-refractivity contribution is 0.101. The summed E-state index contributed by atoms with van der Waals surface area (Å²) in [6.45, 7) is 0. The second kappa shape index (κ2) is 8.30. The monoisotopic (exact) mass is 382 g/mol. The first-order valence-corrected chi connectivity index (χ1v) is 8.28. The molecule has 2 amide bonds. The van der Waals surface area contributed by atoms with E-state index in [-0.39, 0.29) is 17.2 Å². The van der Waals surface area contributed by atoms with Gasteiger partial charge in [-0.2, -0.15) is 0 Å². The van der Waals surface area contributed by atoms with Crippen LogP contribution in [-0.2, 0) is 0 Å². The van der Waals surface area contributed by atoms with Crippen LogP contribution >= 0.6 is 0 Å². The fourth-order valence-electron chi connectivity index (χ4n) is 2.44. The third kappa shape index (κ3) is 4.50. The van der Waals surface area contributed by atoms with Gasteiger partial charge in [-0.3, -0.25) is 9.59 Å². The zero-order chi connectivity index (χ0) is 20.1. The maximum absolute atomic E-state index is 13.6. The molecule has 0 aliphatic rings. The molecule has 28 heavy (non-hydrogen) atoms. The van der Waals surface area contributed by atoms with E-state index in [1.165, 1.54) is 24.3 Å². The topological polar surface area (TPSA) is 67.4 Å². The first-order chi connectivity index (χ1) is 13.5. The highest BCUT2D eigenvalue weighted by molar-refractivity contribution is 6.07. The summed E-state index contributed by atoms with van der Waals surface area (Å²) in [5, 5.41) is 5.09. The number of hydrogen-bond donors (Lipinski definition) is 2. The summed E-state index contributed by atoms with van der Waals surface area (Å²) in [5.74, 6) is -1.85. The van der Waals surface area contributed by atoms with Crippen LogP contribution in [0.25, 0.3) is 0 Å². The number of rotatable bonds is 5. The second-order valence-corrected chi connectivity index (χ2v) is 5.84. The minimum absolute atomic E-state index is 0.132. The second-order valence-electron chi connectivity index (χ2n) is 5.84. The van der Waals surface area contributed by atoms with Crippen LogP contribution in [0.1, 0.15) is 20.7 Å². The molecule has 0 fully saturated rings. The molecule has 0 spiro atoms. The Kier molecular flexibility index (Phi) is 5.64. The van der Waals surface area contributed by atoms with Crippen LogP contribution in [0.15, 0.2) is 66.7 Å². The minimum atomic E-state index is -0.871. The Morgan fingerprint density at radius 2 is 1.36 bits per heavy atom. The maximum atomic E-state index is 13.6. The van der Waals surface area contributed by atoms with Gasteiger partial charge in [0.05, 0.1) is 12.8 Å². The third-order valence-electron chi connectivity index (χ3n) is 3.94. The predicted octanol–water partition coefficient (Wildman–Crippen LogP) is 4.48. The van der Waals surface area contributed by atoms with Crippen molar-refractivity contribution in [3.8, 4) is 5.75 Å². The van der Waals surface area contributed by atoms with Crippen molar-refractivity contribution in [1.29, 1.82) is 0 Å². The quantitative estimate of drug-likeness (QED) is 0.684. The van der Waals surface area contributed by atoms with Crippen molar-refractivity contribution in [2.24, 2.45) is 0 Å². The smallest absolute Gasteiger partial charge is 0.255 e. The van der Waals surface area contributed by atoms with Crippen LogP contribution in [0.2, 0.25) is 0 Å². The Morgan fingerprint density at radius 1 is 0.786 bits per heavy atom. The lowest BCUT2D eigenvalue weighted by Gasteiger charge is -2.08. The molecule has 0 aliphatic heterocycles. The van der Waals surface area contributed by atoms with Gasteiger partial charge in [-0.15, -0.1) is 0 Å². The lowest BCUT2D eigenvalue weighted by Crippen LogP contribution is -2.15. The predicted molar refractivity (Wildman–Crippen MR) is 102 cm³/mol. The van der Waals surface area contributed by atoms with Gasteiger partial charge in [0.2, 0.25) is 0 Å². The van der Waals surface area contributed by atoms with Crippen LogP contribution in [0.4, 0.5) is 20.2 Å². The van der Waals surface area contributed by atoms with Crippen LogP contribution < -0.4 is 15.4 Å². The molecule has 3 aromatic rings. The average molecular weight is 382 g/mol. The fourth-order valence-corrected chi connectivity index (χ4v) is 2.44. The molecule has 3 aromatic carbocycles. The van der Waals surface area contributed by atoms with Crippen molar-refractivity contribution in [3.05, 3.63) is 89.5 Å². The molecule has 3 rings (SSSR count). The number of methoxy groups -OCH3 is 1. The van der Waals surface area contributed by atoms with Crippen molar-refractivity contribution in [2.45, 2.75) is 0 Å². The van der Waals surface area contributed by atoms with Gasteiger partial charge in [-0.05, 0) is 60.7 Å². The van der Waals surface area contributed by atoms with Gasteiger partial charge >= 0.3 is 0 Å². The van der Waals surface area contributed by atoms with E-state index >= 15 is 0 Å². The van der Waals surface area contributed by atoms with E-state index in [0.717, 1.165) is 12.1 Å². The first-order valence-electron chi connectivity index (χ1n) is 8.28. The van der Waals surface area contributed by atoms with E-state index in [9.17, 15) is 18.4 Å². The summed E-state index contributed by atoms with van der Waals surface area (Å²) in [5.41, 5.74) is 1.04. The van der Waals surface area contributed by atoms with Gasteiger partial charge in [0.15, 0.2) is 0 Å². The van der Waals surface area contributed by atoms with E-state index in [0.29, 0.717) is 23.1 Å². The van der Waals surface area contributed by atoms with Gasteiger partial charge in [0.1, 0.15) is 17.4 Å². The number of carbonyl (C=O) groups excluding carboxylic acids is 2. The van der Waals surface area contributed by atoms with Gasteiger partial charge in [-0.1, -0.05) is 0 Å². The number of halogens is 2. The van der Waals surface area contributed by atoms with Crippen LogP contribution in [-0.4, -0.2) is 18.9 Å². The Labute approximate surface area is 160 Å². The molecule has 0 aliphatic carbocycles. The highest BCUT2D eigenvalue weighted by Crippen LogP contribution is 2.18. The number of anilines is 2. The zero-order valence-electron chi connectivity index (χ0n) is 14.8. The van der Waals surface area contributed by atoms with Crippen molar-refractivity contribution in [3.63, 3.8) is 0 Å². The Bertz CT molecular complexity index is 1000. The molecule has 0 unspecified atom stereocenters. The number of nitrogens with one attached hydrogen (secondary N) is 2. The van der Waals surface area contributed by atoms with E-state index < -0.39 is 17.5 Å². The molecular formula is C21H16F2N2O3. The van der Waals surface area contributed by atoms with Gasteiger partial charge in [-0.25, -0.2) is 8.78 Å². The number of ether oxygens (including phenoxy) is 1. The molecule has 0 radical (unpaired) electrons. The summed E-state index contributed by atoms with van der Waals surface area (Å²) in [6.07, 6.45) is 0. The van der Waals surface area contributed by atoms with Gasteiger partial charge in [0.25, 0.3) is 11.8 Å². The van der Waals surface area contributed by atoms with Crippen LogP contribution in [0, 0.1) is 11.6 Å². The van der Waals surface area contributed by atoms with Crippen molar-refractivity contribution >= 4 is 23.2 Å². The molecule has 0 atom stereocenters. The molecule has 142 valence electrons. The average Bonchev–Trinajstić information content (AvgIpc) is 2.70. The number of carbonyl (C=O) groups is 2. The number of amides is 2. The molecule has 5 nitrogen and oxygen atoms in total. The SMILES string of the molecule is COc1ccc(NC(=O)c2ccc(C(=O)Nc3ccc(F)cc3F)cc2)cc1. The number of benzene rings is 3. The molecule has 0 aromatic heterocycles. The van der Waals surface area contributed by atoms with Crippen molar-refractivity contribution in [2.75, 3.05) is 17.7 Å². The normalized spacial score (nSPS) is 10.2. The zero-order valence-corrected chi connectivity index (χ0v) is 14.8.